The van der Waals surface area contributed by atoms with Crippen molar-refractivity contribution < 1.29 is 14.6 Å². The van der Waals surface area contributed by atoms with Crippen LogP contribution < -0.4 is 10.4 Å². The number of aliphatic hydroxyl groups excluding tert-OH is 2. The number of fused-ring (bicyclic) bond motifs is 7. The van der Waals surface area contributed by atoms with Crippen molar-refractivity contribution in [2.24, 2.45) is 29.1 Å². The van der Waals surface area contributed by atoms with Crippen molar-refractivity contribution in [3.8, 4) is 0 Å². The summed E-state index contributed by atoms with van der Waals surface area (Å²) < 4.78 is 7.58. The summed E-state index contributed by atoms with van der Waals surface area (Å²) in [6, 6.07) is 21.8. The van der Waals surface area contributed by atoms with Crippen LogP contribution in [0.5, 0.6) is 0 Å². The van der Waals surface area contributed by atoms with E-state index >= 15 is 0 Å². The Morgan fingerprint density at radius 2 is 1.50 bits per heavy atom. The highest BCUT2D eigenvalue weighted by atomic mass is 28.4. The maximum atomic E-state index is 11.9. The van der Waals surface area contributed by atoms with E-state index in [0.29, 0.717) is 11.8 Å². The summed E-state index contributed by atoms with van der Waals surface area (Å²) in [5.41, 5.74) is 2.56. The molecule has 224 valence electrons. The highest BCUT2D eigenvalue weighted by Crippen LogP contribution is 2.65. The first-order chi connectivity index (χ1) is 20.0. The summed E-state index contributed by atoms with van der Waals surface area (Å²) >= 11 is 0. The van der Waals surface area contributed by atoms with Crippen molar-refractivity contribution in [2.75, 3.05) is 0 Å². The van der Waals surface area contributed by atoms with Gasteiger partial charge in [0.1, 0.15) is 0 Å². The number of benzene rings is 2. The Labute approximate surface area is 252 Å². The second-order valence-electron chi connectivity index (χ2n) is 15.5. The minimum absolute atomic E-state index is 0.000485. The lowest BCUT2D eigenvalue weighted by molar-refractivity contribution is -0.214. The number of aromatic amines is 1. The van der Waals surface area contributed by atoms with Crippen LogP contribution in [0.1, 0.15) is 78.0 Å². The first kappa shape index (κ1) is 28.5. The fourth-order valence-corrected chi connectivity index (χ4v) is 15.2. The van der Waals surface area contributed by atoms with Gasteiger partial charge in [-0.1, -0.05) is 95.3 Å². The summed E-state index contributed by atoms with van der Waals surface area (Å²) in [7, 11) is -2.70. The van der Waals surface area contributed by atoms with Crippen LogP contribution >= 0.6 is 0 Å². The van der Waals surface area contributed by atoms with Gasteiger partial charge >= 0.3 is 0 Å². The summed E-state index contributed by atoms with van der Waals surface area (Å²) in [6.45, 7) is 11.8. The van der Waals surface area contributed by atoms with Gasteiger partial charge in [0.05, 0.1) is 18.4 Å². The lowest BCUT2D eigenvalue weighted by Crippen LogP contribution is -2.69. The third-order valence-corrected chi connectivity index (χ3v) is 17.7. The zero-order valence-electron chi connectivity index (χ0n) is 25.9. The van der Waals surface area contributed by atoms with E-state index in [2.05, 4.69) is 105 Å². The number of H-pyrrole nitrogens is 1. The van der Waals surface area contributed by atoms with E-state index < -0.39 is 20.5 Å². The van der Waals surface area contributed by atoms with Gasteiger partial charge in [0, 0.05) is 17.2 Å². The number of aliphatic hydroxyl groups is 2. The van der Waals surface area contributed by atoms with Crippen molar-refractivity contribution >= 4 is 18.7 Å². The smallest absolute Gasteiger partial charge is 0.261 e. The van der Waals surface area contributed by atoms with Gasteiger partial charge in [-0.05, 0) is 88.6 Å². The highest BCUT2D eigenvalue weighted by molar-refractivity contribution is 6.99. The minimum Gasteiger partial charge on any atom is -0.404 e. The average molecular weight is 585 g/mol. The molecule has 3 fully saturated rings. The summed E-state index contributed by atoms with van der Waals surface area (Å²) in [5, 5.41) is 34.0. The lowest BCUT2D eigenvalue weighted by atomic mass is 9.43. The highest BCUT2D eigenvalue weighted by Gasteiger charge is 2.65. The molecule has 0 bridgehead atoms. The van der Waals surface area contributed by atoms with Gasteiger partial charge in [0.2, 0.25) is 0 Å². The van der Waals surface area contributed by atoms with Crippen molar-refractivity contribution in [1.82, 2.24) is 10.2 Å². The maximum absolute atomic E-state index is 11.9. The monoisotopic (exact) mass is 584 g/mol. The SMILES string of the molecule is CC(C)(C)[Si](O[C@H]1CC[C@@]2(C)[C@H](C1)[C@@H](O)[C@H](O)C1[C@@H]2CC[C@]2(C)c3[nH]ncc3C[C@@H]12)(c1ccccc1)c1ccccc1. The lowest BCUT2D eigenvalue weighted by Gasteiger charge is -2.63. The Bertz CT molecular complexity index is 1380. The molecule has 1 heterocycles. The zero-order valence-corrected chi connectivity index (χ0v) is 26.9. The van der Waals surface area contributed by atoms with Crippen molar-refractivity contribution in [2.45, 2.75) is 102 Å². The second kappa shape index (κ2) is 9.88. The van der Waals surface area contributed by atoms with Crippen LogP contribution in [0.15, 0.2) is 66.9 Å². The number of rotatable bonds is 4. The molecule has 3 saturated carbocycles. The fourth-order valence-electron chi connectivity index (χ4n) is 10.5. The van der Waals surface area contributed by atoms with E-state index in [9.17, 15) is 10.2 Å². The molecule has 0 amide bonds. The van der Waals surface area contributed by atoms with E-state index in [-0.39, 0.29) is 33.8 Å². The van der Waals surface area contributed by atoms with Gasteiger partial charge in [-0.2, -0.15) is 5.10 Å². The summed E-state index contributed by atoms with van der Waals surface area (Å²) in [4.78, 5) is 0. The van der Waals surface area contributed by atoms with Crippen molar-refractivity contribution in [3.63, 3.8) is 0 Å². The number of nitrogens with zero attached hydrogens (tertiary/aromatic N) is 1. The number of aromatic nitrogens is 2. The topological polar surface area (TPSA) is 78.4 Å². The Morgan fingerprint density at radius 1 is 0.857 bits per heavy atom. The second-order valence-corrected chi connectivity index (χ2v) is 19.7. The standard InChI is InChI=1S/C36H48N2O3Si/c1-34(2,3)42(25-12-8-6-9-13-25,26-14-10-7-11-15-26)41-24-16-18-35(4)27-17-19-36(5)28(20-23-22-37-38-33(23)36)30(27)32(40)31(39)29(35)21-24/h6-15,22,24,27-32,39-40H,16-21H2,1-5H3,(H,37,38)/t24-,27-,28-,29+,30?,31+,32+,35+,36-/m0/s1. The van der Waals surface area contributed by atoms with Gasteiger partial charge in [-0.25, -0.2) is 0 Å². The molecule has 1 unspecified atom stereocenters. The largest absolute Gasteiger partial charge is 0.404 e. The molecule has 42 heavy (non-hydrogen) atoms. The summed E-state index contributed by atoms with van der Waals surface area (Å²) in [6.07, 6.45) is 6.56. The van der Waals surface area contributed by atoms with Gasteiger partial charge in [-0.15, -0.1) is 0 Å². The molecule has 1 aromatic heterocycles. The molecule has 7 rings (SSSR count). The van der Waals surface area contributed by atoms with Crippen LogP contribution in [0.25, 0.3) is 0 Å². The fraction of sp³-hybridized carbons (Fsp3) is 0.583. The Balaban J connectivity index is 1.21. The first-order valence-corrected chi connectivity index (χ1v) is 18.1. The number of hydrogen-bond donors (Lipinski definition) is 3. The van der Waals surface area contributed by atoms with E-state index in [1.54, 1.807) is 0 Å². The molecule has 2 aromatic carbocycles. The molecule has 9 atom stereocenters. The predicted molar refractivity (Wildman–Crippen MR) is 169 cm³/mol. The van der Waals surface area contributed by atoms with Crippen molar-refractivity contribution in [1.29, 1.82) is 0 Å². The predicted octanol–water partition coefficient (Wildman–Crippen LogP) is 5.35. The van der Waals surface area contributed by atoms with Crippen LogP contribution in [0, 0.1) is 29.1 Å². The number of nitrogens with one attached hydrogen (secondary N) is 1. The van der Waals surface area contributed by atoms with Crippen LogP contribution in [-0.4, -0.2) is 47.0 Å². The van der Waals surface area contributed by atoms with E-state index in [1.807, 2.05) is 6.20 Å². The van der Waals surface area contributed by atoms with Gasteiger partial charge < -0.3 is 14.6 Å². The molecule has 5 nitrogen and oxygen atoms in total. The van der Waals surface area contributed by atoms with E-state index in [0.717, 1.165) is 38.5 Å². The Morgan fingerprint density at radius 3 is 2.12 bits per heavy atom. The maximum Gasteiger partial charge on any atom is 0.261 e. The molecular formula is C36H48N2O3Si. The van der Waals surface area contributed by atoms with E-state index in [1.165, 1.54) is 21.6 Å². The normalized spacial score (nSPS) is 37.8. The van der Waals surface area contributed by atoms with Gasteiger partial charge in [-0.3, -0.25) is 5.10 Å². The molecule has 4 aliphatic carbocycles. The zero-order chi connectivity index (χ0) is 29.5. The minimum atomic E-state index is -2.70. The third kappa shape index (κ3) is 3.94. The molecule has 0 aliphatic heterocycles. The van der Waals surface area contributed by atoms with Crippen molar-refractivity contribution in [3.05, 3.63) is 78.1 Å². The average Bonchev–Trinajstić information content (AvgIpc) is 3.56. The Kier molecular flexibility index (Phi) is 6.71. The summed E-state index contributed by atoms with van der Waals surface area (Å²) in [5.74, 6) is 0.879. The van der Waals surface area contributed by atoms with Crippen LogP contribution in [0.4, 0.5) is 0 Å². The molecule has 0 saturated heterocycles. The quantitative estimate of drug-likeness (QED) is 0.361. The molecule has 0 spiro atoms. The molecule has 6 heteroatoms. The molecule has 0 radical (unpaired) electrons. The van der Waals surface area contributed by atoms with Gasteiger partial charge in [0.25, 0.3) is 8.32 Å². The Hall–Kier alpha value is -2.25. The van der Waals surface area contributed by atoms with Crippen LogP contribution in [0.2, 0.25) is 5.04 Å². The molecular weight excluding hydrogens is 536 g/mol. The number of hydrogen-bond acceptors (Lipinski definition) is 4. The van der Waals surface area contributed by atoms with E-state index in [4.69, 9.17) is 4.43 Å². The molecule has 3 aromatic rings. The third-order valence-electron chi connectivity index (χ3n) is 12.6. The van der Waals surface area contributed by atoms with Gasteiger partial charge in [0.15, 0.2) is 0 Å². The molecule has 3 N–H and O–H groups in total. The molecule has 4 aliphatic rings. The van der Waals surface area contributed by atoms with Crippen LogP contribution in [0.3, 0.4) is 0 Å². The first-order valence-electron chi connectivity index (χ1n) is 16.2. The van der Waals surface area contributed by atoms with Crippen LogP contribution in [-0.2, 0) is 16.3 Å².